The molecule has 1 heterocycles. The summed E-state index contributed by atoms with van der Waals surface area (Å²) < 4.78 is 13.5. The van der Waals surface area contributed by atoms with Gasteiger partial charge in [-0.2, -0.15) is 15.4 Å². The van der Waals surface area contributed by atoms with Crippen LogP contribution in [-0.4, -0.2) is 21.3 Å². The van der Waals surface area contributed by atoms with Gasteiger partial charge in [0.2, 0.25) is 0 Å². The third-order valence-electron chi connectivity index (χ3n) is 3.19. The second-order valence-electron chi connectivity index (χ2n) is 4.59. The number of hydrogen-bond acceptors (Lipinski definition) is 3. The summed E-state index contributed by atoms with van der Waals surface area (Å²) in [6, 6.07) is 11.7. The number of aromatic amines is 1. The van der Waals surface area contributed by atoms with E-state index in [1.807, 2.05) is 0 Å². The molecule has 7 heteroatoms. The molecule has 1 aromatic heterocycles. The van der Waals surface area contributed by atoms with Crippen LogP contribution in [-0.2, 0) is 0 Å². The van der Waals surface area contributed by atoms with E-state index in [0.717, 1.165) is 5.56 Å². The molecule has 0 fully saturated rings. The summed E-state index contributed by atoms with van der Waals surface area (Å²) in [5.74, 6) is -1.14. The molecule has 0 aliphatic heterocycles. The molecule has 0 saturated carbocycles. The molecular formula is C15H10ClFN4O. The van der Waals surface area contributed by atoms with Crippen molar-refractivity contribution in [1.82, 2.24) is 15.4 Å². The van der Waals surface area contributed by atoms with Crippen LogP contribution in [0.4, 0.5) is 4.39 Å². The Balaban J connectivity index is 1.97. The standard InChI is InChI=1S/C15H10ClFN4O/c16-11-6-5-10(7-12(11)17)8-1-3-9(4-2-8)13-14(15(18)22)20-21-19-13/h1-7H,(H2,18,22)(H,19,20,21). The number of H-pyrrole nitrogens is 1. The number of primary amides is 1. The van der Waals surface area contributed by atoms with Gasteiger partial charge in [0.1, 0.15) is 11.5 Å². The van der Waals surface area contributed by atoms with Crippen molar-refractivity contribution in [3.63, 3.8) is 0 Å². The molecule has 3 N–H and O–H groups in total. The summed E-state index contributed by atoms with van der Waals surface area (Å²) in [4.78, 5) is 11.3. The Morgan fingerprint density at radius 1 is 1.05 bits per heavy atom. The molecule has 5 nitrogen and oxygen atoms in total. The van der Waals surface area contributed by atoms with Crippen molar-refractivity contribution < 1.29 is 9.18 Å². The van der Waals surface area contributed by atoms with Crippen molar-refractivity contribution in [2.24, 2.45) is 5.73 Å². The molecule has 0 atom stereocenters. The normalized spacial score (nSPS) is 10.6. The smallest absolute Gasteiger partial charge is 0.271 e. The quantitative estimate of drug-likeness (QED) is 0.779. The van der Waals surface area contributed by atoms with Crippen LogP contribution < -0.4 is 5.73 Å². The molecule has 0 aliphatic carbocycles. The Labute approximate surface area is 129 Å². The van der Waals surface area contributed by atoms with E-state index in [4.69, 9.17) is 17.3 Å². The molecule has 0 unspecified atom stereocenters. The van der Waals surface area contributed by atoms with E-state index < -0.39 is 11.7 Å². The molecule has 3 rings (SSSR count). The van der Waals surface area contributed by atoms with E-state index in [1.54, 1.807) is 30.3 Å². The molecule has 2 aromatic carbocycles. The maximum atomic E-state index is 13.5. The zero-order valence-electron chi connectivity index (χ0n) is 11.2. The van der Waals surface area contributed by atoms with Gasteiger partial charge in [-0.05, 0) is 23.3 Å². The van der Waals surface area contributed by atoms with Gasteiger partial charge in [0.25, 0.3) is 5.91 Å². The average Bonchev–Trinajstić information content (AvgIpc) is 3.00. The number of carbonyl (C=O) groups is 1. The predicted molar refractivity (Wildman–Crippen MR) is 80.7 cm³/mol. The number of halogens is 2. The van der Waals surface area contributed by atoms with Crippen molar-refractivity contribution in [1.29, 1.82) is 0 Å². The highest BCUT2D eigenvalue weighted by atomic mass is 35.5. The highest BCUT2D eigenvalue weighted by Crippen LogP contribution is 2.27. The number of nitrogens with two attached hydrogens (primary N) is 1. The number of carbonyl (C=O) groups excluding carboxylic acids is 1. The summed E-state index contributed by atoms with van der Waals surface area (Å²) in [7, 11) is 0. The van der Waals surface area contributed by atoms with E-state index in [1.165, 1.54) is 12.1 Å². The fourth-order valence-electron chi connectivity index (χ4n) is 2.10. The Morgan fingerprint density at radius 3 is 2.32 bits per heavy atom. The van der Waals surface area contributed by atoms with Gasteiger partial charge in [0.15, 0.2) is 5.69 Å². The van der Waals surface area contributed by atoms with Crippen LogP contribution in [0.25, 0.3) is 22.4 Å². The first-order valence-corrected chi connectivity index (χ1v) is 6.70. The monoisotopic (exact) mass is 316 g/mol. The lowest BCUT2D eigenvalue weighted by Crippen LogP contribution is -2.12. The van der Waals surface area contributed by atoms with Gasteiger partial charge in [-0.1, -0.05) is 41.9 Å². The Kier molecular flexibility index (Phi) is 3.60. The second kappa shape index (κ2) is 5.57. The molecule has 0 saturated heterocycles. The highest BCUT2D eigenvalue weighted by Gasteiger charge is 2.15. The molecule has 0 bridgehead atoms. The number of nitrogens with one attached hydrogen (secondary N) is 1. The van der Waals surface area contributed by atoms with Crippen LogP contribution in [0.15, 0.2) is 42.5 Å². The number of benzene rings is 2. The summed E-state index contributed by atoms with van der Waals surface area (Å²) in [5.41, 5.74) is 7.87. The summed E-state index contributed by atoms with van der Waals surface area (Å²) in [6.07, 6.45) is 0. The largest absolute Gasteiger partial charge is 0.364 e. The first-order valence-electron chi connectivity index (χ1n) is 6.32. The first-order chi connectivity index (χ1) is 10.6. The van der Waals surface area contributed by atoms with Crippen molar-refractivity contribution in [2.45, 2.75) is 0 Å². The van der Waals surface area contributed by atoms with Crippen LogP contribution >= 0.6 is 11.6 Å². The minimum absolute atomic E-state index is 0.0743. The third-order valence-corrected chi connectivity index (χ3v) is 3.50. The second-order valence-corrected chi connectivity index (χ2v) is 5.00. The van der Waals surface area contributed by atoms with Crippen molar-refractivity contribution in [3.05, 3.63) is 59.0 Å². The van der Waals surface area contributed by atoms with Crippen LogP contribution in [0.2, 0.25) is 5.02 Å². The van der Waals surface area contributed by atoms with Crippen LogP contribution in [0.5, 0.6) is 0 Å². The molecule has 3 aromatic rings. The minimum atomic E-state index is -0.660. The van der Waals surface area contributed by atoms with Crippen molar-refractivity contribution in [2.75, 3.05) is 0 Å². The van der Waals surface area contributed by atoms with Gasteiger partial charge in [0, 0.05) is 5.56 Å². The summed E-state index contributed by atoms with van der Waals surface area (Å²) >= 11 is 5.67. The number of aromatic nitrogens is 3. The zero-order valence-corrected chi connectivity index (χ0v) is 11.9. The van der Waals surface area contributed by atoms with Gasteiger partial charge in [-0.25, -0.2) is 4.39 Å². The Bertz CT molecular complexity index is 845. The number of hydrogen-bond donors (Lipinski definition) is 2. The number of amides is 1. The lowest BCUT2D eigenvalue weighted by atomic mass is 10.0. The summed E-state index contributed by atoms with van der Waals surface area (Å²) in [5, 5.41) is 10.1. The average molecular weight is 317 g/mol. The van der Waals surface area contributed by atoms with E-state index in [-0.39, 0.29) is 10.7 Å². The topological polar surface area (TPSA) is 84.7 Å². The zero-order chi connectivity index (χ0) is 15.7. The lowest BCUT2D eigenvalue weighted by Gasteiger charge is -2.04. The summed E-state index contributed by atoms with van der Waals surface area (Å²) in [6.45, 7) is 0. The fraction of sp³-hybridized carbons (Fsp3) is 0. The molecule has 110 valence electrons. The predicted octanol–water partition coefficient (Wildman–Crippen LogP) is 3.03. The van der Waals surface area contributed by atoms with E-state index in [9.17, 15) is 9.18 Å². The SMILES string of the molecule is NC(=O)c1n[nH]nc1-c1ccc(-c2ccc(Cl)c(F)c2)cc1. The maximum Gasteiger partial charge on any atom is 0.271 e. The van der Waals surface area contributed by atoms with E-state index in [0.29, 0.717) is 16.8 Å². The molecule has 0 radical (unpaired) electrons. The lowest BCUT2D eigenvalue weighted by molar-refractivity contribution is 0.0996. The molecule has 0 aliphatic rings. The third kappa shape index (κ3) is 2.56. The minimum Gasteiger partial charge on any atom is -0.364 e. The van der Waals surface area contributed by atoms with E-state index in [2.05, 4.69) is 15.4 Å². The van der Waals surface area contributed by atoms with Gasteiger partial charge >= 0.3 is 0 Å². The van der Waals surface area contributed by atoms with Crippen molar-refractivity contribution in [3.8, 4) is 22.4 Å². The molecule has 22 heavy (non-hydrogen) atoms. The van der Waals surface area contributed by atoms with Gasteiger partial charge in [-0.15, -0.1) is 0 Å². The van der Waals surface area contributed by atoms with Crippen LogP contribution in [0.3, 0.4) is 0 Å². The molecule has 1 amide bonds. The molecule has 0 spiro atoms. The van der Waals surface area contributed by atoms with Crippen molar-refractivity contribution >= 4 is 17.5 Å². The fourth-order valence-corrected chi connectivity index (χ4v) is 2.22. The van der Waals surface area contributed by atoms with Crippen LogP contribution in [0.1, 0.15) is 10.5 Å². The van der Waals surface area contributed by atoms with Gasteiger partial charge in [-0.3, -0.25) is 4.79 Å². The number of nitrogens with zero attached hydrogens (tertiary/aromatic N) is 2. The Morgan fingerprint density at radius 2 is 1.68 bits per heavy atom. The number of rotatable bonds is 3. The highest BCUT2D eigenvalue weighted by molar-refractivity contribution is 6.30. The molecular weight excluding hydrogens is 307 g/mol. The maximum absolute atomic E-state index is 13.5. The van der Waals surface area contributed by atoms with Crippen LogP contribution in [0, 0.1) is 5.82 Å². The van der Waals surface area contributed by atoms with Gasteiger partial charge < -0.3 is 5.73 Å². The Hall–Kier alpha value is -2.73. The van der Waals surface area contributed by atoms with E-state index >= 15 is 0 Å². The van der Waals surface area contributed by atoms with Gasteiger partial charge in [0.05, 0.1) is 5.02 Å². The first kappa shape index (κ1) is 14.2.